The minimum absolute atomic E-state index is 0.513. The highest BCUT2D eigenvalue weighted by Gasteiger charge is 2.40. The van der Waals surface area contributed by atoms with E-state index in [-0.39, 0.29) is 0 Å². The molecule has 0 bridgehead atoms. The molecule has 0 aromatic rings. The lowest BCUT2D eigenvalue weighted by atomic mass is 9.58. The fraction of sp³-hybridized carbons (Fsp3) is 1.00. The number of hydrogen-bond donors (Lipinski definition) is 0. The molecule has 0 N–H and O–H groups in total. The summed E-state index contributed by atoms with van der Waals surface area (Å²) in [7, 11) is 0. The van der Waals surface area contributed by atoms with Gasteiger partial charge in [-0.1, -0.05) is 81.1 Å². The second-order valence-corrected chi connectivity index (χ2v) is 6.43. The third kappa shape index (κ3) is 3.73. The molecule has 0 aromatic carbocycles. The zero-order chi connectivity index (χ0) is 13.6. The molecule has 5 unspecified atom stereocenters. The molecule has 0 aliphatic heterocycles. The van der Waals surface area contributed by atoms with Gasteiger partial charge >= 0.3 is 0 Å². The Balaban J connectivity index is 5.08. The highest BCUT2D eigenvalue weighted by Crippen LogP contribution is 2.48. The van der Waals surface area contributed by atoms with E-state index < -0.39 is 0 Å². The minimum atomic E-state index is 0.513. The lowest BCUT2D eigenvalue weighted by Crippen LogP contribution is -2.39. The average molecular weight is 240 g/mol. The lowest BCUT2D eigenvalue weighted by Gasteiger charge is -2.47. The van der Waals surface area contributed by atoms with E-state index in [9.17, 15) is 0 Å². The van der Waals surface area contributed by atoms with Crippen molar-refractivity contribution in [3.63, 3.8) is 0 Å². The Morgan fingerprint density at radius 2 is 1.24 bits per heavy atom. The molecule has 0 heterocycles. The summed E-state index contributed by atoms with van der Waals surface area (Å²) in [6.45, 7) is 19.4. The smallest absolute Gasteiger partial charge is 0.0270 e. The van der Waals surface area contributed by atoms with Crippen LogP contribution < -0.4 is 0 Å². The quantitative estimate of drug-likeness (QED) is 0.477. The van der Waals surface area contributed by atoms with Crippen LogP contribution in [0.15, 0.2) is 0 Å². The predicted molar refractivity (Wildman–Crippen MR) is 80.3 cm³/mol. The van der Waals surface area contributed by atoms with Gasteiger partial charge in [-0.25, -0.2) is 0 Å². The van der Waals surface area contributed by atoms with E-state index in [1.165, 1.54) is 25.7 Å². The van der Waals surface area contributed by atoms with Crippen molar-refractivity contribution in [3.05, 3.63) is 0 Å². The molecule has 0 aliphatic rings. The van der Waals surface area contributed by atoms with Gasteiger partial charge in [0.2, 0.25) is 0 Å². The van der Waals surface area contributed by atoms with Crippen molar-refractivity contribution in [1.29, 1.82) is 0 Å². The maximum absolute atomic E-state index is 2.55. The highest BCUT2D eigenvalue weighted by atomic mass is 14.4. The highest BCUT2D eigenvalue weighted by molar-refractivity contribution is 4.89. The van der Waals surface area contributed by atoms with E-state index in [1.807, 2.05) is 0 Å². The second kappa shape index (κ2) is 7.44. The molecular formula is C17H36. The van der Waals surface area contributed by atoms with Crippen molar-refractivity contribution in [3.8, 4) is 0 Å². The van der Waals surface area contributed by atoms with Gasteiger partial charge < -0.3 is 0 Å². The van der Waals surface area contributed by atoms with Gasteiger partial charge in [0.05, 0.1) is 0 Å². The SMILES string of the molecule is CCC(C)C(C)C(C)(CC)C(CC)C(C)CC. The molecule has 104 valence electrons. The van der Waals surface area contributed by atoms with Crippen LogP contribution in [0.2, 0.25) is 0 Å². The van der Waals surface area contributed by atoms with E-state index in [4.69, 9.17) is 0 Å². The molecule has 0 heteroatoms. The van der Waals surface area contributed by atoms with Gasteiger partial charge in [0.1, 0.15) is 0 Å². The predicted octanol–water partition coefficient (Wildman–Crippen LogP) is 6.16. The monoisotopic (exact) mass is 240 g/mol. The first-order valence-electron chi connectivity index (χ1n) is 7.88. The van der Waals surface area contributed by atoms with Crippen LogP contribution >= 0.6 is 0 Å². The molecular weight excluding hydrogens is 204 g/mol. The van der Waals surface area contributed by atoms with Gasteiger partial charge in [-0.3, -0.25) is 0 Å². The van der Waals surface area contributed by atoms with Crippen LogP contribution in [0.5, 0.6) is 0 Å². The molecule has 5 atom stereocenters. The van der Waals surface area contributed by atoms with Crippen LogP contribution in [-0.4, -0.2) is 0 Å². The Morgan fingerprint density at radius 3 is 1.53 bits per heavy atom. The first-order chi connectivity index (χ1) is 7.88. The fourth-order valence-electron chi connectivity index (χ4n) is 3.73. The maximum Gasteiger partial charge on any atom is -0.0270 e. The van der Waals surface area contributed by atoms with Gasteiger partial charge in [0.25, 0.3) is 0 Å². The van der Waals surface area contributed by atoms with Crippen LogP contribution in [0.3, 0.4) is 0 Å². The van der Waals surface area contributed by atoms with E-state index in [1.54, 1.807) is 0 Å². The van der Waals surface area contributed by atoms with Crippen molar-refractivity contribution >= 4 is 0 Å². The average Bonchev–Trinajstić information content (AvgIpc) is 2.36. The van der Waals surface area contributed by atoms with E-state index in [0.29, 0.717) is 5.41 Å². The fourth-order valence-corrected chi connectivity index (χ4v) is 3.73. The summed E-state index contributed by atoms with van der Waals surface area (Å²) in [4.78, 5) is 0. The lowest BCUT2D eigenvalue weighted by molar-refractivity contribution is 0.0243. The Hall–Kier alpha value is 0. The van der Waals surface area contributed by atoms with Crippen LogP contribution in [0, 0.1) is 29.1 Å². The van der Waals surface area contributed by atoms with E-state index in [0.717, 1.165) is 23.7 Å². The molecule has 0 rings (SSSR count). The first kappa shape index (κ1) is 17.0. The first-order valence-corrected chi connectivity index (χ1v) is 7.88. The van der Waals surface area contributed by atoms with E-state index >= 15 is 0 Å². The van der Waals surface area contributed by atoms with Gasteiger partial charge in [0, 0.05) is 0 Å². The largest absolute Gasteiger partial charge is 0.0651 e. The topological polar surface area (TPSA) is 0 Å². The molecule has 0 spiro atoms. The van der Waals surface area contributed by atoms with Crippen LogP contribution in [0.1, 0.15) is 81.1 Å². The Bertz CT molecular complexity index is 196. The Kier molecular flexibility index (Phi) is 7.44. The van der Waals surface area contributed by atoms with Crippen LogP contribution in [0.4, 0.5) is 0 Å². The molecule has 0 fully saturated rings. The minimum Gasteiger partial charge on any atom is -0.0651 e. The van der Waals surface area contributed by atoms with Gasteiger partial charge in [0.15, 0.2) is 0 Å². The van der Waals surface area contributed by atoms with Crippen molar-refractivity contribution in [1.82, 2.24) is 0 Å². The van der Waals surface area contributed by atoms with E-state index in [2.05, 4.69) is 55.4 Å². The molecule has 0 amide bonds. The summed E-state index contributed by atoms with van der Waals surface area (Å²) < 4.78 is 0. The van der Waals surface area contributed by atoms with Crippen LogP contribution in [-0.2, 0) is 0 Å². The van der Waals surface area contributed by atoms with Crippen molar-refractivity contribution < 1.29 is 0 Å². The molecule has 0 saturated heterocycles. The molecule has 17 heavy (non-hydrogen) atoms. The number of rotatable bonds is 8. The second-order valence-electron chi connectivity index (χ2n) is 6.43. The van der Waals surface area contributed by atoms with Crippen LogP contribution in [0.25, 0.3) is 0 Å². The van der Waals surface area contributed by atoms with Gasteiger partial charge in [-0.15, -0.1) is 0 Å². The molecule has 0 aromatic heterocycles. The summed E-state index contributed by atoms with van der Waals surface area (Å²) in [6, 6.07) is 0. The standard InChI is InChI=1S/C17H36/c1-9-13(5)15(7)17(8,12-4)16(11-3)14(6)10-2/h13-16H,9-12H2,1-8H3. The summed E-state index contributed by atoms with van der Waals surface area (Å²) in [5, 5.41) is 0. The maximum atomic E-state index is 2.55. The third-order valence-electron chi connectivity index (χ3n) is 5.92. The Morgan fingerprint density at radius 1 is 0.765 bits per heavy atom. The molecule has 0 nitrogen and oxygen atoms in total. The van der Waals surface area contributed by atoms with Crippen molar-refractivity contribution in [2.75, 3.05) is 0 Å². The number of hydrogen-bond acceptors (Lipinski definition) is 0. The Labute approximate surface area is 111 Å². The summed E-state index contributed by atoms with van der Waals surface area (Å²) >= 11 is 0. The molecule has 0 saturated carbocycles. The third-order valence-corrected chi connectivity index (χ3v) is 5.92. The zero-order valence-corrected chi connectivity index (χ0v) is 13.6. The summed E-state index contributed by atoms with van der Waals surface area (Å²) in [6.07, 6.45) is 5.29. The molecule has 0 aliphatic carbocycles. The van der Waals surface area contributed by atoms with Gasteiger partial charge in [-0.2, -0.15) is 0 Å². The molecule has 0 radical (unpaired) electrons. The van der Waals surface area contributed by atoms with Crippen molar-refractivity contribution in [2.45, 2.75) is 81.1 Å². The summed E-state index contributed by atoms with van der Waals surface area (Å²) in [5.74, 6) is 3.41. The van der Waals surface area contributed by atoms with Gasteiger partial charge in [-0.05, 0) is 29.1 Å². The zero-order valence-electron chi connectivity index (χ0n) is 13.6. The summed E-state index contributed by atoms with van der Waals surface area (Å²) in [5.41, 5.74) is 0.513. The van der Waals surface area contributed by atoms with Crippen molar-refractivity contribution in [2.24, 2.45) is 29.1 Å². The normalized spacial score (nSPS) is 22.6.